The first kappa shape index (κ1) is 16.0. The summed E-state index contributed by atoms with van der Waals surface area (Å²) in [5.41, 5.74) is 1.72. The number of nitrogens with zero attached hydrogens (tertiary/aromatic N) is 1. The van der Waals surface area contributed by atoms with E-state index in [2.05, 4.69) is 37.5 Å². The van der Waals surface area contributed by atoms with E-state index >= 15 is 0 Å². The Kier molecular flexibility index (Phi) is 5.39. The highest BCUT2D eigenvalue weighted by Gasteiger charge is 2.28. The smallest absolute Gasteiger partial charge is 0.124 e. The van der Waals surface area contributed by atoms with Crippen molar-refractivity contribution in [3.8, 4) is 11.8 Å². The second-order valence-corrected chi connectivity index (χ2v) is 6.25. The van der Waals surface area contributed by atoms with Crippen molar-refractivity contribution < 1.29 is 9.50 Å². The second-order valence-electron chi connectivity index (χ2n) is 6.25. The van der Waals surface area contributed by atoms with Crippen LogP contribution < -0.4 is 0 Å². The molecule has 3 unspecified atom stereocenters. The average molecular weight is 289 g/mol. The van der Waals surface area contributed by atoms with Gasteiger partial charge in [0.25, 0.3) is 0 Å². The third-order valence-electron chi connectivity index (χ3n) is 4.47. The number of likely N-dealkylation sites (tertiary alicyclic amines) is 1. The van der Waals surface area contributed by atoms with Gasteiger partial charge in [0.05, 0.1) is 0 Å². The Morgan fingerprint density at radius 3 is 2.81 bits per heavy atom. The number of rotatable bonds is 2. The lowest BCUT2D eigenvalue weighted by atomic mass is 9.85. The minimum Gasteiger partial charge on any atom is -0.384 e. The van der Waals surface area contributed by atoms with Gasteiger partial charge in [-0.25, -0.2) is 4.39 Å². The standard InChI is InChI=1S/C18H24FNO/c1-13-9-14(2)15(3)20(11-13)12-17-6-7-18(19)10-16(17)5-4-8-21/h6-7,10,13-15,21H,8-9,11-12H2,1-3H3. The highest BCUT2D eigenvalue weighted by molar-refractivity contribution is 5.41. The molecule has 1 N–H and O–H groups in total. The van der Waals surface area contributed by atoms with Crippen molar-refractivity contribution in [1.82, 2.24) is 4.90 Å². The highest BCUT2D eigenvalue weighted by atomic mass is 19.1. The van der Waals surface area contributed by atoms with Crippen LogP contribution in [0.1, 0.15) is 38.3 Å². The first-order valence-electron chi connectivity index (χ1n) is 7.63. The molecule has 1 aliphatic rings. The maximum atomic E-state index is 13.4. The van der Waals surface area contributed by atoms with Gasteiger partial charge in [0.1, 0.15) is 12.4 Å². The monoisotopic (exact) mass is 289 g/mol. The lowest BCUT2D eigenvalue weighted by Gasteiger charge is -2.41. The minimum absolute atomic E-state index is 0.204. The summed E-state index contributed by atoms with van der Waals surface area (Å²) >= 11 is 0. The first-order chi connectivity index (χ1) is 10.0. The van der Waals surface area contributed by atoms with Gasteiger partial charge in [-0.05, 0) is 42.9 Å². The molecule has 21 heavy (non-hydrogen) atoms. The molecule has 0 spiro atoms. The molecule has 1 saturated heterocycles. The summed E-state index contributed by atoms with van der Waals surface area (Å²) < 4.78 is 13.4. The molecule has 0 bridgehead atoms. The van der Waals surface area contributed by atoms with Crippen LogP contribution in [0.25, 0.3) is 0 Å². The molecule has 0 saturated carbocycles. The van der Waals surface area contributed by atoms with Crippen LogP contribution in [-0.4, -0.2) is 29.2 Å². The molecule has 1 heterocycles. The lowest BCUT2D eigenvalue weighted by molar-refractivity contribution is 0.0729. The van der Waals surface area contributed by atoms with Crippen LogP contribution in [-0.2, 0) is 6.54 Å². The van der Waals surface area contributed by atoms with E-state index < -0.39 is 0 Å². The van der Waals surface area contributed by atoms with Gasteiger partial charge in [-0.15, -0.1) is 0 Å². The molecule has 0 aromatic heterocycles. The number of piperidine rings is 1. The summed E-state index contributed by atoms with van der Waals surface area (Å²) in [5, 5.41) is 8.84. The topological polar surface area (TPSA) is 23.5 Å². The molecule has 0 aliphatic carbocycles. The maximum absolute atomic E-state index is 13.4. The molecular weight excluding hydrogens is 265 g/mol. The lowest BCUT2D eigenvalue weighted by Crippen LogP contribution is -2.45. The quantitative estimate of drug-likeness (QED) is 0.846. The molecular formula is C18H24FNO. The van der Waals surface area contributed by atoms with Crippen LogP contribution in [0, 0.1) is 29.5 Å². The molecule has 2 nitrogen and oxygen atoms in total. The number of benzene rings is 1. The third-order valence-corrected chi connectivity index (χ3v) is 4.47. The Balaban J connectivity index is 2.22. The van der Waals surface area contributed by atoms with Gasteiger partial charge >= 0.3 is 0 Å². The van der Waals surface area contributed by atoms with Crippen molar-refractivity contribution in [2.75, 3.05) is 13.2 Å². The Hall–Kier alpha value is -1.37. The van der Waals surface area contributed by atoms with E-state index in [0.717, 1.165) is 18.7 Å². The van der Waals surface area contributed by atoms with Gasteiger partial charge in [-0.1, -0.05) is 31.8 Å². The van der Waals surface area contributed by atoms with Gasteiger partial charge < -0.3 is 5.11 Å². The summed E-state index contributed by atoms with van der Waals surface area (Å²) in [4.78, 5) is 2.45. The van der Waals surface area contributed by atoms with Gasteiger partial charge in [0.15, 0.2) is 0 Å². The van der Waals surface area contributed by atoms with E-state index in [1.807, 2.05) is 6.07 Å². The van der Waals surface area contributed by atoms with Gasteiger partial charge in [-0.2, -0.15) is 0 Å². The van der Waals surface area contributed by atoms with Gasteiger partial charge in [0.2, 0.25) is 0 Å². The largest absolute Gasteiger partial charge is 0.384 e. The normalized spacial score (nSPS) is 26.2. The van der Waals surface area contributed by atoms with Crippen LogP contribution in [0.15, 0.2) is 18.2 Å². The molecule has 1 aromatic rings. The second kappa shape index (κ2) is 7.06. The van der Waals surface area contributed by atoms with Gasteiger partial charge in [-0.3, -0.25) is 4.90 Å². The summed E-state index contributed by atoms with van der Waals surface area (Å²) in [5.74, 6) is 6.55. The molecule has 3 atom stereocenters. The van der Waals surface area contributed by atoms with Crippen LogP contribution in [0.2, 0.25) is 0 Å². The van der Waals surface area contributed by atoms with Crippen molar-refractivity contribution in [2.24, 2.45) is 11.8 Å². The summed E-state index contributed by atoms with van der Waals surface area (Å²) in [6, 6.07) is 5.28. The summed E-state index contributed by atoms with van der Waals surface area (Å²) in [6.07, 6.45) is 1.26. The number of aliphatic hydroxyl groups excluding tert-OH is 1. The van der Waals surface area contributed by atoms with E-state index in [0.29, 0.717) is 23.4 Å². The van der Waals surface area contributed by atoms with Crippen molar-refractivity contribution >= 4 is 0 Å². The van der Waals surface area contributed by atoms with Crippen molar-refractivity contribution in [3.63, 3.8) is 0 Å². The first-order valence-corrected chi connectivity index (χ1v) is 7.63. The van der Waals surface area contributed by atoms with Crippen molar-refractivity contribution in [2.45, 2.75) is 39.8 Å². The summed E-state index contributed by atoms with van der Waals surface area (Å²) in [7, 11) is 0. The van der Waals surface area contributed by atoms with E-state index in [1.165, 1.54) is 18.6 Å². The number of aliphatic hydroxyl groups is 1. The number of hydrogen-bond donors (Lipinski definition) is 1. The Morgan fingerprint density at radius 2 is 2.10 bits per heavy atom. The molecule has 0 amide bonds. The molecule has 1 fully saturated rings. The number of hydrogen-bond acceptors (Lipinski definition) is 2. The SMILES string of the molecule is CC1CC(C)C(C)N(Cc2ccc(F)cc2C#CCO)C1. The van der Waals surface area contributed by atoms with E-state index in [1.54, 1.807) is 0 Å². The Labute approximate surface area is 127 Å². The van der Waals surface area contributed by atoms with E-state index in [4.69, 9.17) is 5.11 Å². The molecule has 1 aliphatic heterocycles. The van der Waals surface area contributed by atoms with Crippen molar-refractivity contribution in [1.29, 1.82) is 0 Å². The highest BCUT2D eigenvalue weighted by Crippen LogP contribution is 2.28. The molecule has 3 heteroatoms. The fourth-order valence-corrected chi connectivity index (χ4v) is 3.20. The van der Waals surface area contributed by atoms with Crippen molar-refractivity contribution in [3.05, 3.63) is 35.1 Å². The Bertz CT molecular complexity index is 546. The average Bonchev–Trinajstić information content (AvgIpc) is 2.44. The fraction of sp³-hybridized carbons (Fsp3) is 0.556. The number of halogens is 1. The predicted octanol–water partition coefficient (Wildman–Crippen LogP) is 3.04. The fourth-order valence-electron chi connectivity index (χ4n) is 3.20. The molecule has 114 valence electrons. The minimum atomic E-state index is -0.283. The van der Waals surface area contributed by atoms with E-state index in [9.17, 15) is 4.39 Å². The van der Waals surface area contributed by atoms with E-state index in [-0.39, 0.29) is 12.4 Å². The van der Waals surface area contributed by atoms with Gasteiger partial charge in [0, 0.05) is 24.7 Å². The van der Waals surface area contributed by atoms with Crippen LogP contribution >= 0.6 is 0 Å². The Morgan fingerprint density at radius 1 is 1.33 bits per heavy atom. The predicted molar refractivity (Wildman–Crippen MR) is 83.2 cm³/mol. The molecule has 1 aromatic carbocycles. The van der Waals surface area contributed by atoms with Crippen LogP contribution in [0.4, 0.5) is 4.39 Å². The van der Waals surface area contributed by atoms with Crippen LogP contribution in [0.5, 0.6) is 0 Å². The molecule has 0 radical (unpaired) electrons. The zero-order valence-corrected chi connectivity index (χ0v) is 13.1. The van der Waals surface area contributed by atoms with Crippen LogP contribution in [0.3, 0.4) is 0 Å². The summed E-state index contributed by atoms with van der Waals surface area (Å²) in [6.45, 7) is 8.49. The maximum Gasteiger partial charge on any atom is 0.124 e. The zero-order chi connectivity index (χ0) is 15.4. The third kappa shape index (κ3) is 4.06. The molecule has 2 rings (SSSR count). The zero-order valence-electron chi connectivity index (χ0n) is 13.1.